The Labute approximate surface area is 151 Å². The maximum atomic E-state index is 11.3. The molecule has 0 unspecified atom stereocenters. The highest BCUT2D eigenvalue weighted by atomic mass is 31.2. The molecule has 0 amide bonds. The van der Waals surface area contributed by atoms with Crippen LogP contribution in [0.25, 0.3) is 11.2 Å². The van der Waals surface area contributed by atoms with E-state index in [0.29, 0.717) is 49.7 Å². The minimum absolute atomic E-state index is 0.179. The Hall–Kier alpha value is -1.87. The van der Waals surface area contributed by atoms with Gasteiger partial charge in [0, 0.05) is 12.5 Å². The topological polar surface area (TPSA) is 135 Å². The Morgan fingerprint density at radius 1 is 1.42 bits per heavy atom. The predicted octanol–water partition coefficient (Wildman–Crippen LogP) is 1.47. The molecule has 1 fully saturated rings. The van der Waals surface area contributed by atoms with Gasteiger partial charge in [-0.25, -0.2) is 15.0 Å². The lowest BCUT2D eigenvalue weighted by Gasteiger charge is -2.35. The molecule has 3 N–H and O–H groups in total. The van der Waals surface area contributed by atoms with Crippen molar-refractivity contribution in [3.63, 3.8) is 0 Å². The molecule has 0 aliphatic carbocycles. The van der Waals surface area contributed by atoms with Gasteiger partial charge >= 0.3 is 5.97 Å². The van der Waals surface area contributed by atoms with Gasteiger partial charge in [0.2, 0.25) is 0 Å². The molecule has 0 atom stereocenters. The number of carboxylic acids is 1. The first-order valence-corrected chi connectivity index (χ1v) is 9.51. The van der Waals surface area contributed by atoms with E-state index in [1.807, 2.05) is 4.57 Å². The molecular weight excluding hydrogens is 361 g/mol. The van der Waals surface area contributed by atoms with E-state index in [1.165, 1.54) is 6.33 Å². The largest absolute Gasteiger partial charge is 0.481 e. The van der Waals surface area contributed by atoms with Gasteiger partial charge in [-0.3, -0.25) is 4.79 Å². The molecule has 3 rings (SSSR count). The van der Waals surface area contributed by atoms with Crippen LogP contribution in [0.2, 0.25) is 0 Å². The van der Waals surface area contributed by atoms with Gasteiger partial charge in [-0.05, 0) is 13.8 Å². The Bertz CT molecular complexity index is 775. The SMILES string of the molecule is CC(C)(C(=O)O)C1COP(COCCn2cnc3c(N)ncnc32)OC1. The summed E-state index contributed by atoms with van der Waals surface area (Å²) in [5.74, 6) is -0.684. The molecule has 26 heavy (non-hydrogen) atoms. The van der Waals surface area contributed by atoms with Gasteiger partial charge in [-0.2, -0.15) is 0 Å². The van der Waals surface area contributed by atoms with E-state index in [9.17, 15) is 9.90 Å². The van der Waals surface area contributed by atoms with E-state index in [1.54, 1.807) is 20.2 Å². The minimum Gasteiger partial charge on any atom is -0.481 e. The molecule has 3 heterocycles. The summed E-state index contributed by atoms with van der Waals surface area (Å²) < 4.78 is 18.8. The molecule has 0 spiro atoms. The van der Waals surface area contributed by atoms with Crippen molar-refractivity contribution in [2.24, 2.45) is 11.3 Å². The number of nitrogen functional groups attached to an aromatic ring is 1. The Morgan fingerprint density at radius 3 is 2.85 bits per heavy atom. The summed E-state index contributed by atoms with van der Waals surface area (Å²) >= 11 is 0. The number of ether oxygens (including phenoxy) is 1. The fourth-order valence-corrected chi connectivity index (χ4v) is 3.66. The predicted molar refractivity (Wildman–Crippen MR) is 94.3 cm³/mol. The third kappa shape index (κ3) is 3.93. The average Bonchev–Trinajstić information content (AvgIpc) is 3.03. The number of hydrogen-bond acceptors (Lipinski definition) is 8. The summed E-state index contributed by atoms with van der Waals surface area (Å²) in [6, 6.07) is 0. The molecule has 1 aliphatic heterocycles. The van der Waals surface area contributed by atoms with Crippen molar-refractivity contribution in [2.75, 3.05) is 31.9 Å². The van der Waals surface area contributed by atoms with Gasteiger partial charge in [0.1, 0.15) is 18.2 Å². The average molecular weight is 383 g/mol. The maximum Gasteiger partial charge on any atom is 0.309 e. The molecule has 0 saturated carbocycles. The van der Waals surface area contributed by atoms with Crippen LogP contribution >= 0.6 is 8.38 Å². The van der Waals surface area contributed by atoms with Gasteiger partial charge in [0.25, 0.3) is 0 Å². The number of nitrogens with two attached hydrogens (primary N) is 1. The van der Waals surface area contributed by atoms with E-state index < -0.39 is 19.8 Å². The molecule has 1 saturated heterocycles. The molecule has 10 nitrogen and oxygen atoms in total. The van der Waals surface area contributed by atoms with Gasteiger partial charge in [0.05, 0.1) is 31.6 Å². The first kappa shape index (κ1) is 18.9. The third-order valence-corrected chi connectivity index (χ3v) is 5.78. The number of anilines is 1. The molecular formula is C15H22N5O5P. The van der Waals surface area contributed by atoms with Gasteiger partial charge in [-0.15, -0.1) is 0 Å². The standard InChI is InChI=1S/C15H22N5O5P/c1-15(2,14(21)22)10-5-24-26(25-6-10)9-23-4-3-20-8-19-11-12(16)17-7-18-13(11)20/h7-8,10H,3-6,9H2,1-2H3,(H,21,22)(H2,16,17,18). The molecule has 1 aliphatic rings. The maximum absolute atomic E-state index is 11.3. The number of carbonyl (C=O) groups is 1. The van der Waals surface area contributed by atoms with Crippen LogP contribution < -0.4 is 5.73 Å². The number of hydrogen-bond donors (Lipinski definition) is 2. The Kier molecular flexibility index (Phi) is 5.67. The lowest BCUT2D eigenvalue weighted by atomic mass is 9.80. The molecule has 0 aromatic carbocycles. The van der Waals surface area contributed by atoms with Gasteiger partial charge in [0.15, 0.2) is 19.8 Å². The summed E-state index contributed by atoms with van der Waals surface area (Å²) in [6.07, 6.45) is 3.38. The number of nitrogens with zero attached hydrogens (tertiary/aromatic N) is 4. The van der Waals surface area contributed by atoms with Crippen molar-refractivity contribution >= 4 is 31.3 Å². The Balaban J connectivity index is 1.42. The number of carboxylic acid groups (broad SMARTS) is 1. The van der Waals surface area contributed by atoms with Crippen LogP contribution in [0.5, 0.6) is 0 Å². The second kappa shape index (κ2) is 7.79. The van der Waals surface area contributed by atoms with Crippen LogP contribution in [-0.4, -0.2) is 56.8 Å². The molecule has 0 bridgehead atoms. The van der Waals surface area contributed by atoms with Crippen molar-refractivity contribution < 1.29 is 23.7 Å². The number of aromatic nitrogens is 4. The number of rotatable bonds is 7. The van der Waals surface area contributed by atoms with E-state index in [0.717, 1.165) is 0 Å². The summed E-state index contributed by atoms with van der Waals surface area (Å²) in [6.45, 7) is 5.08. The number of imidazole rings is 1. The normalized spacial score (nSPS) is 21.2. The van der Waals surface area contributed by atoms with Crippen molar-refractivity contribution in [3.05, 3.63) is 12.7 Å². The Morgan fingerprint density at radius 2 is 2.15 bits per heavy atom. The molecule has 11 heteroatoms. The van der Waals surface area contributed by atoms with Crippen LogP contribution in [0.15, 0.2) is 12.7 Å². The van der Waals surface area contributed by atoms with E-state index in [-0.39, 0.29) is 5.92 Å². The highest BCUT2D eigenvalue weighted by Crippen LogP contribution is 2.46. The monoisotopic (exact) mass is 383 g/mol. The summed E-state index contributed by atoms with van der Waals surface area (Å²) in [5, 5.41) is 9.26. The minimum atomic E-state index is -1.16. The third-order valence-electron chi connectivity index (χ3n) is 4.51. The fraction of sp³-hybridized carbons (Fsp3) is 0.600. The first-order valence-electron chi connectivity index (χ1n) is 8.15. The van der Waals surface area contributed by atoms with Crippen molar-refractivity contribution in [1.82, 2.24) is 19.5 Å². The zero-order valence-corrected chi connectivity index (χ0v) is 15.6. The summed E-state index contributed by atoms with van der Waals surface area (Å²) in [4.78, 5) is 23.6. The van der Waals surface area contributed by atoms with Gasteiger partial charge in [-0.1, -0.05) is 0 Å². The van der Waals surface area contributed by atoms with Crippen LogP contribution in [0.3, 0.4) is 0 Å². The van der Waals surface area contributed by atoms with Crippen LogP contribution in [0.4, 0.5) is 5.82 Å². The van der Waals surface area contributed by atoms with E-state index in [4.69, 9.17) is 19.5 Å². The summed E-state index contributed by atoms with van der Waals surface area (Å²) in [5.41, 5.74) is 6.11. The van der Waals surface area contributed by atoms with Crippen LogP contribution in [-0.2, 0) is 25.1 Å². The first-order chi connectivity index (χ1) is 12.4. The molecule has 2 aromatic heterocycles. The van der Waals surface area contributed by atoms with Crippen LogP contribution in [0.1, 0.15) is 13.8 Å². The highest BCUT2D eigenvalue weighted by molar-refractivity contribution is 7.47. The van der Waals surface area contributed by atoms with Crippen molar-refractivity contribution in [1.29, 1.82) is 0 Å². The van der Waals surface area contributed by atoms with Crippen LogP contribution in [0, 0.1) is 11.3 Å². The zero-order chi connectivity index (χ0) is 18.7. The number of fused-ring (bicyclic) bond motifs is 1. The lowest BCUT2D eigenvalue weighted by Crippen LogP contribution is -2.39. The smallest absolute Gasteiger partial charge is 0.309 e. The zero-order valence-electron chi connectivity index (χ0n) is 14.7. The van der Waals surface area contributed by atoms with Crippen molar-refractivity contribution in [3.8, 4) is 0 Å². The second-order valence-electron chi connectivity index (χ2n) is 6.55. The van der Waals surface area contributed by atoms with Gasteiger partial charge < -0.3 is 29.2 Å². The molecule has 2 aromatic rings. The fourth-order valence-electron chi connectivity index (χ4n) is 2.46. The lowest BCUT2D eigenvalue weighted by molar-refractivity contribution is -0.152. The quantitative estimate of drug-likeness (QED) is 0.538. The number of aliphatic carboxylic acids is 1. The van der Waals surface area contributed by atoms with E-state index >= 15 is 0 Å². The summed E-state index contributed by atoms with van der Waals surface area (Å²) in [7, 11) is -1.16. The van der Waals surface area contributed by atoms with E-state index in [2.05, 4.69) is 15.0 Å². The van der Waals surface area contributed by atoms with Crippen molar-refractivity contribution in [2.45, 2.75) is 20.4 Å². The highest BCUT2D eigenvalue weighted by Gasteiger charge is 2.40. The molecule has 142 valence electrons. The second-order valence-corrected chi connectivity index (χ2v) is 7.99. The molecule has 0 radical (unpaired) electrons.